The van der Waals surface area contributed by atoms with Crippen LogP contribution in [0.2, 0.25) is 0 Å². The monoisotopic (exact) mass is 1140 g/mol. The molecule has 1 saturated heterocycles. The average Bonchev–Trinajstić information content (AvgIpc) is 4.01. The van der Waals surface area contributed by atoms with E-state index in [-0.39, 0.29) is 50.2 Å². The van der Waals surface area contributed by atoms with Gasteiger partial charge in [-0.3, -0.25) is 33.7 Å². The first-order valence-corrected chi connectivity index (χ1v) is 28.1. The van der Waals surface area contributed by atoms with Crippen molar-refractivity contribution in [1.82, 2.24) is 36.0 Å². The lowest BCUT2D eigenvalue weighted by Crippen LogP contribution is -2.60. The molecular weight excluding hydrogens is 1040 g/mol. The van der Waals surface area contributed by atoms with E-state index in [1.54, 1.807) is 109 Å². The minimum atomic E-state index is -1.18. The van der Waals surface area contributed by atoms with E-state index in [9.17, 15) is 48.3 Å². The Balaban J connectivity index is 1.71. The quantitative estimate of drug-likeness (QED) is 0.0481. The summed E-state index contributed by atoms with van der Waals surface area (Å²) in [5.41, 5.74) is 12.9. The molecule has 0 bridgehead atoms. The Labute approximate surface area is 478 Å². The summed E-state index contributed by atoms with van der Waals surface area (Å²) in [7, 11) is 6.01. The number of benzene rings is 2. The number of hydrogen-bond donors (Lipinski definition) is 8. The maximum absolute atomic E-state index is 14.7. The molecule has 11 atom stereocenters. The van der Waals surface area contributed by atoms with Crippen LogP contribution in [0.5, 0.6) is 0 Å². The first kappa shape index (κ1) is 68.4. The summed E-state index contributed by atoms with van der Waals surface area (Å²) in [6.45, 7) is 16.7. The number of likely N-dealkylation sites (N-methyl/N-ethyl adjacent to an activating group) is 2. The van der Waals surface area contributed by atoms with Gasteiger partial charge in [0, 0.05) is 53.5 Å². The van der Waals surface area contributed by atoms with Crippen molar-refractivity contribution in [1.29, 1.82) is 0 Å². The molecule has 23 nitrogen and oxygen atoms in total. The van der Waals surface area contributed by atoms with Gasteiger partial charge in [-0.2, -0.15) is 0 Å². The Morgan fingerprint density at radius 1 is 0.753 bits per heavy atom. The smallest absolute Gasteiger partial charge is 0.410 e. The van der Waals surface area contributed by atoms with Gasteiger partial charge in [-0.25, -0.2) is 14.4 Å². The molecule has 3 rings (SSSR count). The lowest BCUT2D eigenvalue weighted by atomic mass is 9.89. The van der Waals surface area contributed by atoms with Crippen molar-refractivity contribution in [2.24, 2.45) is 41.1 Å². The number of carboxylic acid groups (broad SMARTS) is 1. The van der Waals surface area contributed by atoms with Crippen LogP contribution in [0.1, 0.15) is 112 Å². The normalized spacial score (nSPS) is 17.0. The molecular formula is C58H92N10O13. The van der Waals surface area contributed by atoms with Crippen molar-refractivity contribution >= 4 is 59.2 Å². The van der Waals surface area contributed by atoms with Gasteiger partial charge in [0.25, 0.3) is 0 Å². The Morgan fingerprint density at radius 3 is 1.93 bits per heavy atom. The summed E-state index contributed by atoms with van der Waals surface area (Å²) >= 11 is 0. The molecule has 0 aliphatic carbocycles. The van der Waals surface area contributed by atoms with Gasteiger partial charge in [0.1, 0.15) is 30.8 Å². The first-order valence-electron chi connectivity index (χ1n) is 28.1. The van der Waals surface area contributed by atoms with Gasteiger partial charge in [0.2, 0.25) is 35.4 Å². The van der Waals surface area contributed by atoms with Gasteiger partial charge in [0.15, 0.2) is 0 Å². The SMILES string of the molecule is CC[C@H](C)[C@@H]([C@@H](CC(=O)N1CCC[C@H]1[C@H](OC)[C@@H](C)C(=O)N[C@@H](Cc1ccccc1)C(=O)O)OC)N(C)C(=O)[C@@H](NC(=O)[C@H](C(C)C)N(C)C(=O)OCc1ccc(NC(=O)C(CCCNC(N)=O)NC(=O)[C@@H](N)C(C)C)cc1)C(C)C. The highest BCUT2D eigenvalue weighted by Gasteiger charge is 2.44. The molecule has 1 heterocycles. The van der Waals surface area contributed by atoms with Crippen LogP contribution < -0.4 is 38.1 Å². The van der Waals surface area contributed by atoms with Crippen LogP contribution in [0, 0.1) is 29.6 Å². The number of hydrogen-bond acceptors (Lipinski definition) is 13. The van der Waals surface area contributed by atoms with Crippen molar-refractivity contribution in [3.05, 3.63) is 65.7 Å². The Kier molecular flexibility index (Phi) is 28.0. The van der Waals surface area contributed by atoms with Crippen molar-refractivity contribution in [2.45, 2.75) is 168 Å². The minimum Gasteiger partial charge on any atom is -0.480 e. The first-order chi connectivity index (χ1) is 38.2. The third-order valence-electron chi connectivity index (χ3n) is 15.2. The number of methoxy groups -OCH3 is 2. The minimum absolute atomic E-state index is 0.0857. The third-order valence-corrected chi connectivity index (χ3v) is 15.2. The molecule has 0 aromatic heterocycles. The molecule has 0 radical (unpaired) electrons. The summed E-state index contributed by atoms with van der Waals surface area (Å²) in [4.78, 5) is 125. The molecule has 2 aromatic rings. The number of ether oxygens (including phenoxy) is 3. The maximum Gasteiger partial charge on any atom is 0.410 e. The molecule has 1 aliphatic rings. The van der Waals surface area contributed by atoms with E-state index in [4.69, 9.17) is 25.7 Å². The number of nitrogens with zero attached hydrogens (tertiary/aromatic N) is 3. The van der Waals surface area contributed by atoms with Gasteiger partial charge < -0.3 is 67.2 Å². The van der Waals surface area contributed by atoms with Gasteiger partial charge >= 0.3 is 18.1 Å². The standard InChI is InChI=1S/C58H92N10O13/c1-14-36(8)49(44(79-12)31-45(69)68-29-19-23-43(68)50(80-13)37(9)51(70)64-42(56(75)76)30-38-20-16-15-17-21-38)66(10)55(74)47(34(4)5)65-54(73)48(35(6)7)67(11)58(78)81-32-39-24-26-40(27-25-39)62-52(71)41(22-18-28-61-57(60)77)63-53(72)46(59)33(2)3/h15-17,20-21,24-27,33-37,41-44,46-50H,14,18-19,22-23,28-32,59H2,1-13H3,(H,62,71)(H,63,72)(H,64,70)(H,65,73)(H,75,76)(H3,60,61,77)/t36-,37+,41?,42-,43-,44+,46-,47-,48-,49-,50+/m0/s1. The van der Waals surface area contributed by atoms with E-state index in [1.807, 2.05) is 19.9 Å². The molecule has 452 valence electrons. The van der Waals surface area contributed by atoms with Crippen molar-refractivity contribution in [3.8, 4) is 0 Å². The lowest BCUT2D eigenvalue weighted by Gasteiger charge is -2.41. The van der Waals surface area contributed by atoms with Gasteiger partial charge in [-0.15, -0.1) is 0 Å². The van der Waals surface area contributed by atoms with Crippen LogP contribution in [0.4, 0.5) is 15.3 Å². The zero-order valence-corrected chi connectivity index (χ0v) is 49.7. The summed E-state index contributed by atoms with van der Waals surface area (Å²) < 4.78 is 17.6. The summed E-state index contributed by atoms with van der Waals surface area (Å²) in [5, 5.41) is 23.5. The highest BCUT2D eigenvalue weighted by molar-refractivity contribution is 5.98. The number of rotatable bonds is 32. The second kappa shape index (κ2) is 33.2. The molecule has 0 spiro atoms. The number of aliphatic carboxylic acids is 1. The van der Waals surface area contributed by atoms with E-state index in [1.165, 1.54) is 31.1 Å². The van der Waals surface area contributed by atoms with E-state index in [0.717, 1.165) is 5.56 Å². The van der Waals surface area contributed by atoms with Gasteiger partial charge in [-0.1, -0.05) is 111 Å². The fourth-order valence-electron chi connectivity index (χ4n) is 10.2. The number of amides is 9. The number of primary amides is 1. The molecule has 81 heavy (non-hydrogen) atoms. The molecule has 10 N–H and O–H groups in total. The van der Waals surface area contributed by atoms with Crippen molar-refractivity contribution < 1.29 is 62.5 Å². The average molecular weight is 1140 g/mol. The van der Waals surface area contributed by atoms with Gasteiger partial charge in [-0.05, 0) is 72.6 Å². The van der Waals surface area contributed by atoms with E-state index in [2.05, 4.69) is 26.6 Å². The van der Waals surface area contributed by atoms with Crippen LogP contribution in [-0.2, 0) is 60.8 Å². The van der Waals surface area contributed by atoms with E-state index in [0.29, 0.717) is 43.5 Å². The van der Waals surface area contributed by atoms with Crippen molar-refractivity contribution in [2.75, 3.05) is 46.7 Å². The fourth-order valence-corrected chi connectivity index (χ4v) is 10.2. The number of urea groups is 1. The van der Waals surface area contributed by atoms with Crippen LogP contribution in [-0.4, -0.2) is 169 Å². The molecule has 1 fully saturated rings. The molecule has 23 heteroatoms. The van der Waals surface area contributed by atoms with Gasteiger partial charge in [0.05, 0.1) is 42.7 Å². The third kappa shape index (κ3) is 20.3. The molecule has 0 saturated carbocycles. The maximum atomic E-state index is 14.7. The molecule has 2 aromatic carbocycles. The number of carbonyl (C=O) groups is 9. The number of carbonyl (C=O) groups excluding carboxylic acids is 8. The highest BCUT2D eigenvalue weighted by Crippen LogP contribution is 2.30. The van der Waals surface area contributed by atoms with Crippen LogP contribution in [0.3, 0.4) is 0 Å². The Morgan fingerprint density at radius 2 is 1.38 bits per heavy atom. The lowest BCUT2D eigenvalue weighted by molar-refractivity contribution is -0.148. The zero-order chi connectivity index (χ0) is 60.8. The molecule has 1 aliphatic heterocycles. The van der Waals surface area contributed by atoms with Crippen LogP contribution in [0.25, 0.3) is 0 Å². The summed E-state index contributed by atoms with van der Waals surface area (Å²) in [6.07, 6.45) is -0.0803. The number of likely N-dealkylation sites (tertiary alicyclic amines) is 1. The molecule has 9 amide bonds. The fraction of sp³-hybridized carbons (Fsp3) is 0.638. The van der Waals surface area contributed by atoms with E-state index >= 15 is 0 Å². The predicted molar refractivity (Wildman–Crippen MR) is 306 cm³/mol. The number of anilines is 1. The second-order valence-electron chi connectivity index (χ2n) is 22.2. The largest absolute Gasteiger partial charge is 0.480 e. The summed E-state index contributed by atoms with van der Waals surface area (Å²) in [5.74, 6) is -6.02. The predicted octanol–water partition coefficient (Wildman–Crippen LogP) is 4.01. The number of nitrogens with one attached hydrogen (secondary N) is 5. The Hall–Kier alpha value is -6.85. The topological polar surface area (TPSA) is 323 Å². The number of nitrogens with two attached hydrogens (primary N) is 2. The molecule has 1 unspecified atom stereocenters. The van der Waals surface area contributed by atoms with E-state index < -0.39 is 120 Å². The van der Waals surface area contributed by atoms with Crippen LogP contribution in [0.15, 0.2) is 54.6 Å². The zero-order valence-electron chi connectivity index (χ0n) is 49.7. The second-order valence-corrected chi connectivity index (χ2v) is 22.2. The highest BCUT2D eigenvalue weighted by atomic mass is 16.6. The Bertz CT molecular complexity index is 2390. The van der Waals surface area contributed by atoms with Crippen LogP contribution >= 0.6 is 0 Å². The van der Waals surface area contributed by atoms with Crippen molar-refractivity contribution in [3.63, 3.8) is 0 Å². The summed E-state index contributed by atoms with van der Waals surface area (Å²) in [6, 6.07) is 8.49. The number of carboxylic acids is 1.